The molecule has 0 aliphatic carbocycles. The quantitative estimate of drug-likeness (QED) is 0.698. The van der Waals surface area contributed by atoms with Gasteiger partial charge in [-0.15, -0.1) is 0 Å². The van der Waals surface area contributed by atoms with Gasteiger partial charge < -0.3 is 14.8 Å². The molecule has 2 aromatic rings. The number of hydrogen-bond acceptors (Lipinski definition) is 5. The molecule has 2 aromatic carbocycles. The molecule has 0 saturated carbocycles. The Labute approximate surface area is 177 Å². The minimum Gasteiger partial charge on any atom is -0.486 e. The van der Waals surface area contributed by atoms with Crippen molar-refractivity contribution in [2.75, 3.05) is 18.5 Å². The zero-order chi connectivity index (χ0) is 21.9. The average Bonchev–Trinajstić information content (AvgIpc) is 2.71. The summed E-state index contributed by atoms with van der Waals surface area (Å²) in [5, 5.41) is 2.80. The van der Waals surface area contributed by atoms with Crippen molar-refractivity contribution in [2.24, 2.45) is 5.92 Å². The molecule has 8 heteroatoms. The Morgan fingerprint density at radius 1 is 0.933 bits per heavy atom. The molecule has 0 unspecified atom stereocenters. The maximum Gasteiger partial charge on any atom is 0.242 e. The fraction of sp³-hybridized carbons (Fsp3) is 0.409. The Kier molecular flexibility index (Phi) is 6.67. The fourth-order valence-electron chi connectivity index (χ4n) is 3.09. The average molecular weight is 433 g/mol. The van der Waals surface area contributed by atoms with Crippen molar-refractivity contribution in [2.45, 2.75) is 44.6 Å². The van der Waals surface area contributed by atoms with Crippen molar-refractivity contribution in [1.29, 1.82) is 0 Å². The van der Waals surface area contributed by atoms with Gasteiger partial charge in [0.25, 0.3) is 0 Å². The second kappa shape index (κ2) is 9.06. The summed E-state index contributed by atoms with van der Waals surface area (Å²) in [6.45, 7) is 8.54. The highest BCUT2D eigenvalue weighted by atomic mass is 32.2. The SMILES string of the molecule is CC(C)c1ccc(NC(=O)[C@@H](NS(=O)(=O)c2ccc3c(c2)OCCO3)C(C)C)cc1. The fourth-order valence-corrected chi connectivity index (χ4v) is 4.45. The van der Waals surface area contributed by atoms with E-state index in [4.69, 9.17) is 9.47 Å². The van der Waals surface area contributed by atoms with E-state index in [-0.39, 0.29) is 10.8 Å². The Morgan fingerprint density at radius 3 is 2.17 bits per heavy atom. The molecule has 162 valence electrons. The first kappa shape index (κ1) is 22.1. The van der Waals surface area contributed by atoms with Gasteiger partial charge in [-0.05, 0) is 41.7 Å². The number of ether oxygens (including phenoxy) is 2. The lowest BCUT2D eigenvalue weighted by molar-refractivity contribution is -0.118. The van der Waals surface area contributed by atoms with Crippen LogP contribution in [-0.2, 0) is 14.8 Å². The largest absolute Gasteiger partial charge is 0.486 e. The van der Waals surface area contributed by atoms with E-state index in [1.165, 1.54) is 12.1 Å². The summed E-state index contributed by atoms with van der Waals surface area (Å²) in [6.07, 6.45) is 0. The molecule has 30 heavy (non-hydrogen) atoms. The minimum absolute atomic E-state index is 0.0199. The van der Waals surface area contributed by atoms with E-state index < -0.39 is 22.0 Å². The van der Waals surface area contributed by atoms with Crippen LogP contribution in [0.4, 0.5) is 5.69 Å². The number of nitrogens with one attached hydrogen (secondary N) is 2. The van der Waals surface area contributed by atoms with E-state index in [0.29, 0.717) is 36.3 Å². The first-order chi connectivity index (χ1) is 14.2. The van der Waals surface area contributed by atoms with E-state index in [0.717, 1.165) is 5.56 Å². The first-order valence-electron chi connectivity index (χ1n) is 10.00. The Balaban J connectivity index is 1.76. The highest BCUT2D eigenvalue weighted by molar-refractivity contribution is 7.89. The molecular formula is C22H28N2O5S. The van der Waals surface area contributed by atoms with Crippen LogP contribution in [-0.4, -0.2) is 33.6 Å². The number of hydrogen-bond donors (Lipinski definition) is 2. The summed E-state index contributed by atoms with van der Waals surface area (Å²) >= 11 is 0. The normalized spacial score (nSPS) is 14.6. The number of fused-ring (bicyclic) bond motifs is 1. The Morgan fingerprint density at radius 2 is 1.57 bits per heavy atom. The van der Waals surface area contributed by atoms with Gasteiger partial charge >= 0.3 is 0 Å². The van der Waals surface area contributed by atoms with Crippen LogP contribution < -0.4 is 19.5 Å². The van der Waals surface area contributed by atoms with Gasteiger partial charge in [-0.1, -0.05) is 39.8 Å². The van der Waals surface area contributed by atoms with Crippen LogP contribution >= 0.6 is 0 Å². The van der Waals surface area contributed by atoms with Crippen LogP contribution in [0.3, 0.4) is 0 Å². The van der Waals surface area contributed by atoms with Crippen LogP contribution in [0.25, 0.3) is 0 Å². The second-order valence-corrected chi connectivity index (χ2v) is 9.63. The lowest BCUT2D eigenvalue weighted by Gasteiger charge is -2.23. The molecule has 0 bridgehead atoms. The van der Waals surface area contributed by atoms with E-state index in [2.05, 4.69) is 23.9 Å². The number of rotatable bonds is 7. The van der Waals surface area contributed by atoms with Crippen molar-refractivity contribution in [3.8, 4) is 11.5 Å². The topological polar surface area (TPSA) is 93.7 Å². The second-order valence-electron chi connectivity index (χ2n) is 7.91. The van der Waals surface area contributed by atoms with E-state index in [1.54, 1.807) is 19.9 Å². The molecule has 0 fully saturated rings. The van der Waals surface area contributed by atoms with Crippen molar-refractivity contribution in [1.82, 2.24) is 4.72 Å². The smallest absolute Gasteiger partial charge is 0.242 e. The van der Waals surface area contributed by atoms with Crippen molar-refractivity contribution >= 4 is 21.6 Å². The monoisotopic (exact) mass is 432 g/mol. The van der Waals surface area contributed by atoms with Crippen LogP contribution in [0, 0.1) is 5.92 Å². The summed E-state index contributed by atoms with van der Waals surface area (Å²) in [6, 6.07) is 11.0. The highest BCUT2D eigenvalue weighted by Crippen LogP contribution is 2.32. The number of benzene rings is 2. The van der Waals surface area contributed by atoms with Gasteiger partial charge in [-0.2, -0.15) is 4.72 Å². The van der Waals surface area contributed by atoms with Gasteiger partial charge in [0, 0.05) is 11.8 Å². The molecule has 0 spiro atoms. The molecule has 0 radical (unpaired) electrons. The van der Waals surface area contributed by atoms with Crippen LogP contribution in [0.5, 0.6) is 11.5 Å². The summed E-state index contributed by atoms with van der Waals surface area (Å²) in [7, 11) is -3.94. The molecule has 1 heterocycles. The van der Waals surface area contributed by atoms with Gasteiger partial charge in [0.05, 0.1) is 4.90 Å². The molecule has 1 aliphatic heterocycles. The van der Waals surface area contributed by atoms with Crippen molar-refractivity contribution < 1.29 is 22.7 Å². The number of anilines is 1. The maximum atomic E-state index is 12.9. The third-order valence-corrected chi connectivity index (χ3v) is 6.34. The molecule has 1 aliphatic rings. The number of amides is 1. The molecule has 2 N–H and O–H groups in total. The summed E-state index contributed by atoms with van der Waals surface area (Å²) < 4.78 is 39.3. The highest BCUT2D eigenvalue weighted by Gasteiger charge is 2.29. The zero-order valence-corrected chi connectivity index (χ0v) is 18.5. The summed E-state index contributed by atoms with van der Waals surface area (Å²) in [5.74, 6) is 0.592. The van der Waals surface area contributed by atoms with Crippen LogP contribution in [0.15, 0.2) is 47.4 Å². The third kappa shape index (κ3) is 5.12. The molecule has 0 aromatic heterocycles. The van der Waals surface area contributed by atoms with E-state index in [9.17, 15) is 13.2 Å². The Bertz CT molecular complexity index is 1000. The minimum atomic E-state index is -3.94. The molecule has 0 saturated heterocycles. The molecule has 1 atom stereocenters. The van der Waals surface area contributed by atoms with E-state index in [1.807, 2.05) is 24.3 Å². The van der Waals surface area contributed by atoms with Gasteiger partial charge in [-0.3, -0.25) is 4.79 Å². The Hall–Kier alpha value is -2.58. The van der Waals surface area contributed by atoms with Gasteiger partial charge in [-0.25, -0.2) is 8.42 Å². The van der Waals surface area contributed by atoms with Gasteiger partial charge in [0.15, 0.2) is 11.5 Å². The molecule has 3 rings (SSSR count). The lowest BCUT2D eigenvalue weighted by Crippen LogP contribution is -2.47. The standard InChI is InChI=1S/C22H28N2O5S/c1-14(2)16-5-7-17(8-6-16)23-22(25)21(15(3)4)24-30(26,27)18-9-10-19-20(13-18)29-12-11-28-19/h5-10,13-15,21,24H,11-12H2,1-4H3,(H,23,25)/t21-/m0/s1. The number of carbonyl (C=O) groups is 1. The van der Waals surface area contributed by atoms with Crippen molar-refractivity contribution in [3.05, 3.63) is 48.0 Å². The van der Waals surface area contributed by atoms with Gasteiger partial charge in [0.2, 0.25) is 15.9 Å². The molecule has 7 nitrogen and oxygen atoms in total. The number of carbonyl (C=O) groups excluding carboxylic acids is 1. The van der Waals surface area contributed by atoms with E-state index >= 15 is 0 Å². The molecule has 1 amide bonds. The van der Waals surface area contributed by atoms with Gasteiger partial charge in [0.1, 0.15) is 19.3 Å². The predicted octanol–water partition coefficient (Wildman–Crippen LogP) is 3.52. The van der Waals surface area contributed by atoms with Crippen molar-refractivity contribution in [3.63, 3.8) is 0 Å². The zero-order valence-electron chi connectivity index (χ0n) is 17.6. The first-order valence-corrected chi connectivity index (χ1v) is 11.5. The molecular weight excluding hydrogens is 404 g/mol. The summed E-state index contributed by atoms with van der Waals surface area (Å²) in [5.41, 5.74) is 1.78. The number of sulfonamides is 1. The predicted molar refractivity (Wildman–Crippen MR) is 116 cm³/mol. The van der Waals surface area contributed by atoms with Crippen LogP contribution in [0.1, 0.15) is 39.2 Å². The summed E-state index contributed by atoms with van der Waals surface area (Å²) in [4.78, 5) is 12.9. The lowest BCUT2D eigenvalue weighted by atomic mass is 10.0. The maximum absolute atomic E-state index is 12.9. The third-order valence-electron chi connectivity index (χ3n) is 4.90. The van der Waals surface area contributed by atoms with Crippen LogP contribution in [0.2, 0.25) is 0 Å².